The van der Waals surface area contributed by atoms with E-state index in [-0.39, 0.29) is 38.9 Å². The molecule has 0 spiro atoms. The molecule has 0 aromatic carbocycles. The Morgan fingerprint density at radius 3 is 2.48 bits per heavy atom. The van der Waals surface area contributed by atoms with E-state index in [0.29, 0.717) is 18.1 Å². The molecule has 0 aliphatic carbocycles. The third-order valence-corrected chi connectivity index (χ3v) is 4.45. The first-order chi connectivity index (χ1) is 12.7. The fourth-order valence-corrected chi connectivity index (χ4v) is 2.93. The molecule has 0 saturated carbocycles. The van der Waals surface area contributed by atoms with E-state index < -0.39 is 28.5 Å². The maximum atomic E-state index is 11.8. The van der Waals surface area contributed by atoms with Crippen LogP contribution in [0.15, 0.2) is 0 Å². The first-order valence-corrected chi connectivity index (χ1v) is 10.7. The van der Waals surface area contributed by atoms with Gasteiger partial charge in [-0.1, -0.05) is 0 Å². The highest BCUT2D eigenvalue weighted by atomic mass is 32.3. The molecule has 0 aromatic rings. The van der Waals surface area contributed by atoms with Crippen molar-refractivity contribution >= 4 is 34.0 Å². The van der Waals surface area contributed by atoms with Crippen molar-refractivity contribution in [2.24, 2.45) is 5.73 Å². The van der Waals surface area contributed by atoms with E-state index in [0.717, 1.165) is 0 Å². The molecular weight excluding hydrogens is 404 g/mol. The summed E-state index contributed by atoms with van der Waals surface area (Å²) in [6.07, 6.45) is -0.402. The molecule has 0 saturated heterocycles. The Hall–Kier alpha value is -0.960. The van der Waals surface area contributed by atoms with Crippen molar-refractivity contribution in [3.8, 4) is 0 Å². The average molecular weight is 433 g/mol. The van der Waals surface area contributed by atoms with Crippen LogP contribution in [0.5, 0.6) is 0 Å². The Bertz CT molecular complexity index is 531. The molecule has 0 aliphatic rings. The summed E-state index contributed by atoms with van der Waals surface area (Å²) in [6, 6.07) is -0.747. The first kappa shape index (κ1) is 26.0. The van der Waals surface area contributed by atoms with Gasteiger partial charge in [0, 0.05) is 31.6 Å². The molecule has 13 heteroatoms. The van der Waals surface area contributed by atoms with Crippen LogP contribution < -0.4 is 11.1 Å². The summed E-state index contributed by atoms with van der Waals surface area (Å²) >= 11 is 1.37. The van der Waals surface area contributed by atoms with Crippen LogP contribution in [0, 0.1) is 0 Å². The summed E-state index contributed by atoms with van der Waals surface area (Å²) in [5, 5.41) is 2.57. The quantitative estimate of drug-likeness (QED) is 0.155. The maximum absolute atomic E-state index is 11.8. The predicted molar refractivity (Wildman–Crippen MR) is 98.7 cm³/mol. The fraction of sp³-hybridized carbons (Fsp3) is 0.857. The van der Waals surface area contributed by atoms with Crippen molar-refractivity contribution in [2.75, 3.05) is 51.1 Å². The van der Waals surface area contributed by atoms with E-state index in [1.54, 1.807) is 0 Å². The lowest BCUT2D eigenvalue weighted by atomic mass is 10.3. The van der Waals surface area contributed by atoms with Crippen LogP contribution in [0.1, 0.15) is 13.8 Å². The number of carbonyl (C=O) groups excluding carboxylic acids is 2. The Morgan fingerprint density at radius 1 is 1.19 bits per heavy atom. The minimum absolute atomic E-state index is 0.0606. The number of esters is 1. The Morgan fingerprint density at radius 2 is 1.89 bits per heavy atom. The third kappa shape index (κ3) is 16.9. The predicted octanol–water partition coefficient (Wildman–Crippen LogP) is -1.03. The number of amides is 1. The number of hydrogen-bond donors (Lipinski definition) is 3. The van der Waals surface area contributed by atoms with Gasteiger partial charge in [0.2, 0.25) is 5.91 Å². The molecule has 1 amide bonds. The van der Waals surface area contributed by atoms with Crippen molar-refractivity contribution in [2.45, 2.75) is 26.0 Å². The zero-order valence-corrected chi connectivity index (χ0v) is 17.1. The van der Waals surface area contributed by atoms with Gasteiger partial charge in [-0.2, -0.15) is 20.2 Å². The lowest BCUT2D eigenvalue weighted by molar-refractivity contribution is -0.147. The van der Waals surface area contributed by atoms with E-state index in [4.69, 9.17) is 24.5 Å². The summed E-state index contributed by atoms with van der Waals surface area (Å²) in [5.74, 6) is 0.0226. The molecule has 2 atom stereocenters. The van der Waals surface area contributed by atoms with Crippen molar-refractivity contribution in [1.82, 2.24) is 5.32 Å². The molecule has 27 heavy (non-hydrogen) atoms. The van der Waals surface area contributed by atoms with Gasteiger partial charge in [0.25, 0.3) is 0 Å². The van der Waals surface area contributed by atoms with E-state index in [1.807, 2.05) is 6.92 Å². The van der Waals surface area contributed by atoms with Crippen LogP contribution in [-0.4, -0.2) is 88.1 Å². The second-order valence-corrected chi connectivity index (χ2v) is 7.35. The molecule has 0 radical (unpaired) electrons. The number of thioether (sulfide) groups is 1. The molecule has 0 heterocycles. The lowest BCUT2D eigenvalue weighted by Gasteiger charge is -2.17. The summed E-state index contributed by atoms with van der Waals surface area (Å²) in [5.41, 5.74) is 5.79. The molecule has 160 valence electrons. The fourth-order valence-electron chi connectivity index (χ4n) is 1.68. The van der Waals surface area contributed by atoms with Crippen LogP contribution >= 0.6 is 11.8 Å². The molecule has 11 nitrogen and oxygen atoms in total. The monoisotopic (exact) mass is 432 g/mol. The number of carbonyl (C=O) groups is 2. The smallest absolute Gasteiger partial charge is 0.397 e. The molecule has 0 aliphatic heterocycles. The zero-order valence-electron chi connectivity index (χ0n) is 15.4. The molecule has 4 N–H and O–H groups in total. The molecule has 0 bridgehead atoms. The van der Waals surface area contributed by atoms with E-state index >= 15 is 0 Å². The van der Waals surface area contributed by atoms with Crippen LogP contribution in [0.3, 0.4) is 0 Å². The highest BCUT2D eigenvalue weighted by Crippen LogP contribution is 2.08. The standard InChI is InChI=1S/C14H28N2O9S2/c1-3-22-8-12(25-11(2)17)9-26-10-13(15)14(18)16-4-5-23-6-7-24-27(19,20)21/h12-13H,3-10,15H2,1-2H3,(H,16,18)(H,19,20,21). The molecule has 0 fully saturated rings. The second kappa shape index (κ2) is 15.0. The number of hydrogen-bond acceptors (Lipinski definition) is 10. The molecule has 0 aromatic heterocycles. The van der Waals surface area contributed by atoms with E-state index in [1.165, 1.54) is 18.7 Å². The van der Waals surface area contributed by atoms with Gasteiger partial charge in [-0.05, 0) is 6.92 Å². The van der Waals surface area contributed by atoms with Crippen LogP contribution in [0.25, 0.3) is 0 Å². The van der Waals surface area contributed by atoms with Gasteiger partial charge in [0.1, 0.15) is 6.10 Å². The van der Waals surface area contributed by atoms with Crippen LogP contribution in [0.2, 0.25) is 0 Å². The summed E-state index contributed by atoms with van der Waals surface area (Å²) < 4.78 is 48.4. The van der Waals surface area contributed by atoms with E-state index in [9.17, 15) is 18.0 Å². The minimum atomic E-state index is -4.47. The topological polar surface area (TPSA) is 163 Å². The van der Waals surface area contributed by atoms with Crippen molar-refractivity contribution in [3.63, 3.8) is 0 Å². The maximum Gasteiger partial charge on any atom is 0.397 e. The van der Waals surface area contributed by atoms with Gasteiger partial charge in [0.15, 0.2) is 0 Å². The van der Waals surface area contributed by atoms with Gasteiger partial charge in [-0.25, -0.2) is 4.18 Å². The molecular formula is C14H28N2O9S2. The van der Waals surface area contributed by atoms with Gasteiger partial charge >= 0.3 is 16.4 Å². The average Bonchev–Trinajstić information content (AvgIpc) is 2.56. The molecule has 0 rings (SSSR count). The largest absolute Gasteiger partial charge is 0.459 e. The summed E-state index contributed by atoms with van der Waals surface area (Å²) in [6.45, 7) is 3.87. The van der Waals surface area contributed by atoms with Gasteiger partial charge in [0.05, 0.1) is 32.5 Å². The molecule has 2 unspecified atom stereocenters. The summed E-state index contributed by atoms with van der Waals surface area (Å²) in [7, 11) is -4.47. The Labute approximate surface area is 163 Å². The Balaban J connectivity index is 3.85. The van der Waals surface area contributed by atoms with Gasteiger partial charge < -0.3 is 25.3 Å². The highest BCUT2D eigenvalue weighted by Gasteiger charge is 2.16. The zero-order chi connectivity index (χ0) is 20.7. The summed E-state index contributed by atoms with van der Waals surface area (Å²) in [4.78, 5) is 22.9. The van der Waals surface area contributed by atoms with Crippen LogP contribution in [-0.2, 0) is 38.4 Å². The SMILES string of the molecule is CCOCC(CSCC(N)C(=O)NCCOCCOS(=O)(=O)O)OC(C)=O. The van der Waals surface area contributed by atoms with Crippen molar-refractivity contribution in [1.29, 1.82) is 0 Å². The normalized spacial score (nSPS) is 13.8. The van der Waals surface area contributed by atoms with E-state index in [2.05, 4.69) is 9.50 Å². The first-order valence-electron chi connectivity index (χ1n) is 8.21. The van der Waals surface area contributed by atoms with Crippen molar-refractivity contribution < 1.29 is 41.0 Å². The lowest BCUT2D eigenvalue weighted by Crippen LogP contribution is -2.43. The highest BCUT2D eigenvalue weighted by molar-refractivity contribution is 7.99. The number of nitrogens with two attached hydrogens (primary N) is 1. The third-order valence-electron chi connectivity index (χ3n) is 2.78. The van der Waals surface area contributed by atoms with Crippen molar-refractivity contribution in [3.05, 3.63) is 0 Å². The van der Waals surface area contributed by atoms with Crippen LogP contribution in [0.4, 0.5) is 0 Å². The number of nitrogens with one attached hydrogen (secondary N) is 1. The number of rotatable bonds is 16. The minimum Gasteiger partial charge on any atom is -0.459 e. The van der Waals surface area contributed by atoms with Gasteiger partial charge in [-0.15, -0.1) is 0 Å². The number of ether oxygens (including phenoxy) is 3. The second-order valence-electron chi connectivity index (χ2n) is 5.19. The Kier molecular flexibility index (Phi) is 14.5. The van der Waals surface area contributed by atoms with Gasteiger partial charge in [-0.3, -0.25) is 14.1 Å².